The first kappa shape index (κ1) is 14.9. The Labute approximate surface area is 120 Å². The van der Waals surface area contributed by atoms with Gasteiger partial charge in [0, 0.05) is 32.7 Å². The lowest BCUT2D eigenvalue weighted by Gasteiger charge is -2.27. The van der Waals surface area contributed by atoms with Gasteiger partial charge in [-0.2, -0.15) is 0 Å². The highest BCUT2D eigenvalue weighted by Crippen LogP contribution is 2.37. The van der Waals surface area contributed by atoms with Gasteiger partial charge in [-0.25, -0.2) is 0 Å². The van der Waals surface area contributed by atoms with E-state index in [4.69, 9.17) is 9.47 Å². The van der Waals surface area contributed by atoms with Gasteiger partial charge in [-0.3, -0.25) is 0 Å². The summed E-state index contributed by atoms with van der Waals surface area (Å²) in [4.78, 5) is 2.43. The molecule has 0 radical (unpaired) electrons. The number of phenolic OH excluding ortho intramolecular Hbond substituents is 1. The Morgan fingerprint density at radius 2 is 2.05 bits per heavy atom. The Hall–Kier alpha value is -1.46. The fourth-order valence-electron chi connectivity index (χ4n) is 2.48. The number of aromatic hydroxyl groups is 1. The number of nitrogens with one attached hydrogen (secondary N) is 1. The molecule has 0 bridgehead atoms. The van der Waals surface area contributed by atoms with Crippen LogP contribution >= 0.6 is 0 Å². The molecule has 1 fully saturated rings. The SMILES string of the molecule is CCOc1cc(CCN2CCNCC2)cc(O)c1OC. The van der Waals surface area contributed by atoms with Crippen molar-refractivity contribution in [3.8, 4) is 17.2 Å². The van der Waals surface area contributed by atoms with Crippen LogP contribution in [0.15, 0.2) is 12.1 Å². The zero-order valence-corrected chi connectivity index (χ0v) is 12.3. The summed E-state index contributed by atoms with van der Waals surface area (Å²) in [5, 5.41) is 13.4. The van der Waals surface area contributed by atoms with Crippen molar-refractivity contribution < 1.29 is 14.6 Å². The van der Waals surface area contributed by atoms with Crippen molar-refractivity contribution in [3.05, 3.63) is 17.7 Å². The lowest BCUT2D eigenvalue weighted by molar-refractivity contribution is 0.243. The Morgan fingerprint density at radius 1 is 1.30 bits per heavy atom. The van der Waals surface area contributed by atoms with Gasteiger partial charge in [0.2, 0.25) is 5.75 Å². The minimum absolute atomic E-state index is 0.147. The molecule has 0 atom stereocenters. The summed E-state index contributed by atoms with van der Waals surface area (Å²) >= 11 is 0. The molecule has 1 saturated heterocycles. The summed E-state index contributed by atoms with van der Waals surface area (Å²) < 4.78 is 10.7. The lowest BCUT2D eigenvalue weighted by Crippen LogP contribution is -2.44. The van der Waals surface area contributed by atoms with Crippen molar-refractivity contribution >= 4 is 0 Å². The van der Waals surface area contributed by atoms with Crippen molar-refractivity contribution in [1.29, 1.82) is 0 Å². The molecular formula is C15H24N2O3. The highest BCUT2D eigenvalue weighted by atomic mass is 16.5. The van der Waals surface area contributed by atoms with Crippen molar-refractivity contribution in [2.45, 2.75) is 13.3 Å². The number of hydrogen-bond donors (Lipinski definition) is 2. The molecule has 2 rings (SSSR count). The van der Waals surface area contributed by atoms with Crippen LogP contribution in [-0.2, 0) is 6.42 Å². The van der Waals surface area contributed by atoms with Gasteiger partial charge in [-0.05, 0) is 31.0 Å². The van der Waals surface area contributed by atoms with Crippen molar-refractivity contribution in [2.75, 3.05) is 46.4 Å². The molecule has 1 aromatic carbocycles. The van der Waals surface area contributed by atoms with Crippen LogP contribution in [0.5, 0.6) is 17.2 Å². The van der Waals surface area contributed by atoms with Gasteiger partial charge in [0.25, 0.3) is 0 Å². The highest BCUT2D eigenvalue weighted by Gasteiger charge is 2.14. The van der Waals surface area contributed by atoms with Crippen LogP contribution in [0.2, 0.25) is 0 Å². The number of methoxy groups -OCH3 is 1. The van der Waals surface area contributed by atoms with E-state index in [0.29, 0.717) is 18.1 Å². The van der Waals surface area contributed by atoms with Gasteiger partial charge < -0.3 is 24.8 Å². The van der Waals surface area contributed by atoms with Crippen molar-refractivity contribution in [3.63, 3.8) is 0 Å². The van der Waals surface area contributed by atoms with E-state index in [0.717, 1.165) is 44.7 Å². The Balaban J connectivity index is 2.03. The molecule has 2 N–H and O–H groups in total. The zero-order chi connectivity index (χ0) is 14.4. The quantitative estimate of drug-likeness (QED) is 0.821. The molecule has 20 heavy (non-hydrogen) atoms. The maximum absolute atomic E-state index is 10.0. The van der Waals surface area contributed by atoms with Gasteiger partial charge in [0.1, 0.15) is 0 Å². The molecule has 0 amide bonds. The third kappa shape index (κ3) is 3.77. The zero-order valence-electron chi connectivity index (χ0n) is 12.3. The number of rotatable bonds is 6. The Kier molecular flexibility index (Phi) is 5.49. The number of phenols is 1. The van der Waals surface area contributed by atoms with E-state index >= 15 is 0 Å². The van der Waals surface area contributed by atoms with Gasteiger partial charge >= 0.3 is 0 Å². The third-order valence-corrected chi connectivity index (χ3v) is 3.53. The maximum Gasteiger partial charge on any atom is 0.203 e. The molecule has 1 aliphatic rings. The monoisotopic (exact) mass is 280 g/mol. The fraction of sp³-hybridized carbons (Fsp3) is 0.600. The number of benzene rings is 1. The van der Waals surface area contributed by atoms with Crippen LogP contribution in [0.25, 0.3) is 0 Å². The van der Waals surface area contributed by atoms with Crippen LogP contribution in [0.4, 0.5) is 0 Å². The first-order valence-electron chi connectivity index (χ1n) is 7.20. The van der Waals surface area contributed by atoms with Crippen LogP contribution in [0.1, 0.15) is 12.5 Å². The third-order valence-electron chi connectivity index (χ3n) is 3.53. The number of hydrogen-bond acceptors (Lipinski definition) is 5. The standard InChI is InChI=1S/C15H24N2O3/c1-3-20-14-11-12(10-13(18)15(14)19-2)4-7-17-8-5-16-6-9-17/h10-11,16,18H,3-9H2,1-2H3. The highest BCUT2D eigenvalue weighted by molar-refractivity contribution is 5.53. The second kappa shape index (κ2) is 7.36. The van der Waals surface area contributed by atoms with Gasteiger partial charge in [-0.1, -0.05) is 0 Å². The molecule has 112 valence electrons. The second-order valence-corrected chi connectivity index (χ2v) is 4.92. The second-order valence-electron chi connectivity index (χ2n) is 4.92. The Morgan fingerprint density at radius 3 is 2.70 bits per heavy atom. The Bertz CT molecular complexity index is 431. The van der Waals surface area contributed by atoms with Crippen LogP contribution in [0.3, 0.4) is 0 Å². The first-order chi connectivity index (χ1) is 9.74. The average molecular weight is 280 g/mol. The number of piperazine rings is 1. The van der Waals surface area contributed by atoms with E-state index in [1.165, 1.54) is 7.11 Å². The summed E-state index contributed by atoms with van der Waals surface area (Å²) in [6, 6.07) is 3.73. The van der Waals surface area contributed by atoms with E-state index in [9.17, 15) is 5.11 Å². The van der Waals surface area contributed by atoms with E-state index in [1.807, 2.05) is 13.0 Å². The maximum atomic E-state index is 10.0. The minimum Gasteiger partial charge on any atom is -0.504 e. The molecular weight excluding hydrogens is 256 g/mol. The molecule has 0 aromatic heterocycles. The molecule has 0 saturated carbocycles. The predicted molar refractivity (Wildman–Crippen MR) is 78.8 cm³/mol. The average Bonchev–Trinajstić information content (AvgIpc) is 2.46. The largest absolute Gasteiger partial charge is 0.504 e. The summed E-state index contributed by atoms with van der Waals surface area (Å²) in [6.45, 7) is 7.75. The summed E-state index contributed by atoms with van der Waals surface area (Å²) in [6.07, 6.45) is 0.900. The first-order valence-corrected chi connectivity index (χ1v) is 7.20. The molecule has 5 heteroatoms. The topological polar surface area (TPSA) is 54.0 Å². The predicted octanol–water partition coefficient (Wildman–Crippen LogP) is 1.25. The minimum atomic E-state index is 0.147. The summed E-state index contributed by atoms with van der Waals surface area (Å²) in [5.74, 6) is 1.18. The van der Waals surface area contributed by atoms with E-state index in [1.54, 1.807) is 6.07 Å². The van der Waals surface area contributed by atoms with Gasteiger partial charge in [0.05, 0.1) is 13.7 Å². The van der Waals surface area contributed by atoms with Crippen LogP contribution in [-0.4, -0.2) is 56.4 Å². The van der Waals surface area contributed by atoms with Crippen molar-refractivity contribution in [1.82, 2.24) is 10.2 Å². The molecule has 0 aliphatic carbocycles. The lowest BCUT2D eigenvalue weighted by atomic mass is 10.1. The van der Waals surface area contributed by atoms with Gasteiger partial charge in [-0.15, -0.1) is 0 Å². The number of ether oxygens (including phenoxy) is 2. The van der Waals surface area contributed by atoms with Crippen LogP contribution < -0.4 is 14.8 Å². The van der Waals surface area contributed by atoms with Crippen LogP contribution in [0, 0.1) is 0 Å². The summed E-state index contributed by atoms with van der Waals surface area (Å²) in [5.41, 5.74) is 1.07. The molecule has 1 aliphatic heterocycles. The molecule has 1 heterocycles. The normalized spacial score (nSPS) is 16.1. The summed E-state index contributed by atoms with van der Waals surface area (Å²) in [7, 11) is 1.54. The molecule has 0 spiro atoms. The fourth-order valence-corrected chi connectivity index (χ4v) is 2.48. The molecule has 1 aromatic rings. The molecule has 5 nitrogen and oxygen atoms in total. The van der Waals surface area contributed by atoms with E-state index < -0.39 is 0 Å². The van der Waals surface area contributed by atoms with E-state index in [-0.39, 0.29) is 5.75 Å². The van der Waals surface area contributed by atoms with Gasteiger partial charge in [0.15, 0.2) is 11.5 Å². The molecule has 0 unspecified atom stereocenters. The smallest absolute Gasteiger partial charge is 0.203 e. The van der Waals surface area contributed by atoms with Crippen molar-refractivity contribution in [2.24, 2.45) is 0 Å². The number of nitrogens with zero attached hydrogens (tertiary/aromatic N) is 1. The van der Waals surface area contributed by atoms with E-state index in [2.05, 4.69) is 10.2 Å².